The molecular formula is C17H19N5OS. The lowest BCUT2D eigenvalue weighted by molar-refractivity contribution is -0.115. The van der Waals surface area contributed by atoms with Crippen molar-refractivity contribution in [3.8, 4) is 5.69 Å². The number of hydrogen-bond acceptors (Lipinski definition) is 4. The number of imidazole rings is 1. The maximum absolute atomic E-state index is 11.5. The average Bonchev–Trinajstić information content (AvgIpc) is 3.00. The third kappa shape index (κ3) is 3.07. The van der Waals surface area contributed by atoms with Gasteiger partial charge < -0.3 is 10.3 Å². The molecule has 0 atom stereocenters. The van der Waals surface area contributed by atoms with Crippen molar-refractivity contribution in [1.29, 1.82) is 0 Å². The van der Waals surface area contributed by atoms with E-state index in [9.17, 15) is 4.79 Å². The van der Waals surface area contributed by atoms with Crippen LogP contribution in [0.25, 0.3) is 16.9 Å². The van der Waals surface area contributed by atoms with E-state index in [4.69, 9.17) is 12.2 Å². The molecule has 2 N–H and O–H groups in total. The van der Waals surface area contributed by atoms with Crippen molar-refractivity contribution in [3.63, 3.8) is 0 Å². The molecule has 0 fully saturated rings. The van der Waals surface area contributed by atoms with Crippen LogP contribution in [0.5, 0.6) is 0 Å². The van der Waals surface area contributed by atoms with Crippen LogP contribution in [0.1, 0.15) is 38.9 Å². The molecule has 0 unspecified atom stereocenters. The van der Waals surface area contributed by atoms with Gasteiger partial charge in [-0.25, -0.2) is 9.97 Å². The predicted octanol–water partition coefficient (Wildman–Crippen LogP) is 3.95. The third-order valence-corrected chi connectivity index (χ3v) is 4.00. The smallest absolute Gasteiger partial charge is 0.224 e. The number of benzene rings is 1. The molecule has 0 saturated carbocycles. The number of amides is 1. The fourth-order valence-corrected chi connectivity index (χ4v) is 2.62. The molecule has 0 spiro atoms. The van der Waals surface area contributed by atoms with E-state index in [1.165, 1.54) is 0 Å². The highest BCUT2D eigenvalue weighted by Crippen LogP contribution is 2.21. The van der Waals surface area contributed by atoms with E-state index in [1.807, 2.05) is 35.8 Å². The Morgan fingerprint density at radius 1 is 1.33 bits per heavy atom. The molecule has 0 aliphatic heterocycles. The minimum Gasteiger partial charge on any atom is -0.339 e. The zero-order valence-electron chi connectivity index (χ0n) is 13.8. The fraction of sp³-hybridized carbons (Fsp3) is 0.294. The second-order valence-electron chi connectivity index (χ2n) is 5.84. The second-order valence-corrected chi connectivity index (χ2v) is 6.20. The van der Waals surface area contributed by atoms with Crippen molar-refractivity contribution in [2.75, 3.05) is 5.32 Å². The average molecular weight is 341 g/mol. The summed E-state index contributed by atoms with van der Waals surface area (Å²) >= 11 is 5.39. The number of rotatable bonds is 4. The van der Waals surface area contributed by atoms with E-state index in [0.29, 0.717) is 11.2 Å². The Hall–Kier alpha value is -2.54. The van der Waals surface area contributed by atoms with Crippen LogP contribution in [-0.2, 0) is 4.79 Å². The zero-order valence-corrected chi connectivity index (χ0v) is 14.6. The highest BCUT2D eigenvalue weighted by atomic mass is 32.1. The number of nitrogens with zero attached hydrogens (tertiary/aromatic N) is 3. The van der Waals surface area contributed by atoms with Crippen molar-refractivity contribution < 1.29 is 4.79 Å². The first kappa shape index (κ1) is 16.3. The molecular weight excluding hydrogens is 322 g/mol. The van der Waals surface area contributed by atoms with Crippen LogP contribution in [0.2, 0.25) is 0 Å². The monoisotopic (exact) mass is 341 g/mol. The number of H-pyrrole nitrogens is 1. The Bertz CT molecular complexity index is 940. The van der Waals surface area contributed by atoms with Gasteiger partial charge in [-0.3, -0.25) is 9.36 Å². The van der Waals surface area contributed by atoms with E-state index in [-0.39, 0.29) is 11.8 Å². The van der Waals surface area contributed by atoms with E-state index in [0.717, 1.165) is 28.4 Å². The van der Waals surface area contributed by atoms with Crippen molar-refractivity contribution >= 4 is 35.0 Å². The number of fused-ring (bicyclic) bond motifs is 1. The van der Waals surface area contributed by atoms with Crippen LogP contribution in [0, 0.1) is 4.77 Å². The van der Waals surface area contributed by atoms with Crippen molar-refractivity contribution in [2.45, 2.75) is 33.1 Å². The first-order chi connectivity index (χ1) is 11.5. The quantitative estimate of drug-likeness (QED) is 0.705. The Morgan fingerprint density at radius 2 is 2.04 bits per heavy atom. The van der Waals surface area contributed by atoms with Crippen LogP contribution >= 0.6 is 12.2 Å². The van der Waals surface area contributed by atoms with Gasteiger partial charge >= 0.3 is 0 Å². The van der Waals surface area contributed by atoms with Crippen molar-refractivity contribution in [2.24, 2.45) is 0 Å². The molecule has 124 valence electrons. The Kier molecular flexibility index (Phi) is 4.44. The van der Waals surface area contributed by atoms with Crippen LogP contribution in [0.4, 0.5) is 5.69 Å². The first-order valence-corrected chi connectivity index (χ1v) is 8.28. The molecule has 1 amide bonds. The van der Waals surface area contributed by atoms with Crippen molar-refractivity contribution in [3.05, 3.63) is 41.1 Å². The van der Waals surface area contributed by atoms with Gasteiger partial charge in [-0.05, 0) is 36.5 Å². The Balaban J connectivity index is 2.06. The molecule has 0 aliphatic rings. The summed E-state index contributed by atoms with van der Waals surface area (Å²) in [7, 11) is 0. The fourth-order valence-electron chi connectivity index (χ4n) is 2.37. The molecule has 3 rings (SSSR count). The summed E-state index contributed by atoms with van der Waals surface area (Å²) in [5.74, 6) is 1.16. The van der Waals surface area contributed by atoms with Crippen molar-refractivity contribution in [1.82, 2.24) is 19.5 Å². The van der Waals surface area contributed by atoms with E-state index < -0.39 is 0 Å². The van der Waals surface area contributed by atoms with Crippen LogP contribution < -0.4 is 5.32 Å². The van der Waals surface area contributed by atoms with Gasteiger partial charge in [0.1, 0.15) is 11.3 Å². The summed E-state index contributed by atoms with van der Waals surface area (Å²) < 4.78 is 2.27. The Morgan fingerprint density at radius 3 is 2.67 bits per heavy atom. The number of carbonyl (C=O) groups excluding carboxylic acids is 1. The van der Waals surface area contributed by atoms with Crippen LogP contribution in [0.15, 0.2) is 30.5 Å². The van der Waals surface area contributed by atoms with E-state index >= 15 is 0 Å². The zero-order chi connectivity index (χ0) is 17.3. The largest absolute Gasteiger partial charge is 0.339 e. The number of carbonyl (C=O) groups is 1. The van der Waals surface area contributed by atoms with Crippen LogP contribution in [0.3, 0.4) is 0 Å². The molecule has 24 heavy (non-hydrogen) atoms. The molecule has 2 heterocycles. The predicted molar refractivity (Wildman–Crippen MR) is 97.1 cm³/mol. The number of nitrogens with one attached hydrogen (secondary N) is 2. The molecule has 7 heteroatoms. The summed E-state index contributed by atoms with van der Waals surface area (Å²) in [4.78, 5) is 23.7. The van der Waals surface area contributed by atoms with Gasteiger partial charge in [-0.2, -0.15) is 0 Å². The lowest BCUT2D eigenvalue weighted by Gasteiger charge is -2.09. The third-order valence-electron chi connectivity index (χ3n) is 3.71. The van der Waals surface area contributed by atoms with Gasteiger partial charge in [0.2, 0.25) is 10.7 Å². The molecule has 0 saturated heterocycles. The molecule has 2 aromatic heterocycles. The summed E-state index contributed by atoms with van der Waals surface area (Å²) in [6.07, 6.45) is 2.16. The molecule has 3 aromatic rings. The maximum Gasteiger partial charge on any atom is 0.224 e. The number of anilines is 1. The standard InChI is InChI=1S/C17H19N5OS/c1-4-14(23)19-11-5-7-12(8-6-11)22-16-13(9-18-17(22)24)20-15(21-16)10(2)3/h5-10H,4H2,1-3H3,(H,19,23)(H,20,21). The normalized spacial score (nSPS) is 11.2. The SMILES string of the molecule is CCC(=O)Nc1ccc(-n2c(=S)ncc3[nH]c(C(C)C)nc32)cc1. The van der Waals surface area contributed by atoms with Gasteiger partial charge in [0.25, 0.3) is 0 Å². The topological polar surface area (TPSA) is 75.6 Å². The lowest BCUT2D eigenvalue weighted by Crippen LogP contribution is -2.09. The second kappa shape index (κ2) is 6.52. The molecule has 0 radical (unpaired) electrons. The van der Waals surface area contributed by atoms with Gasteiger partial charge in [0.15, 0.2) is 5.65 Å². The number of hydrogen-bond donors (Lipinski definition) is 2. The van der Waals surface area contributed by atoms with Gasteiger partial charge in [-0.1, -0.05) is 20.8 Å². The van der Waals surface area contributed by atoms with Gasteiger partial charge in [0.05, 0.1) is 11.9 Å². The van der Waals surface area contributed by atoms with Crippen LogP contribution in [-0.4, -0.2) is 25.4 Å². The summed E-state index contributed by atoms with van der Waals surface area (Å²) in [6, 6.07) is 7.48. The van der Waals surface area contributed by atoms with E-state index in [2.05, 4.69) is 34.1 Å². The van der Waals surface area contributed by atoms with E-state index in [1.54, 1.807) is 6.20 Å². The number of aromatic nitrogens is 4. The first-order valence-electron chi connectivity index (χ1n) is 7.87. The molecule has 0 aliphatic carbocycles. The van der Waals surface area contributed by atoms with Gasteiger partial charge in [-0.15, -0.1) is 0 Å². The molecule has 0 bridgehead atoms. The summed E-state index contributed by atoms with van der Waals surface area (Å²) in [5.41, 5.74) is 3.20. The van der Waals surface area contributed by atoms with Gasteiger partial charge in [0, 0.05) is 18.0 Å². The minimum atomic E-state index is -0.0167. The summed E-state index contributed by atoms with van der Waals surface area (Å²) in [5, 5.41) is 2.83. The highest BCUT2D eigenvalue weighted by Gasteiger charge is 2.12. The molecule has 1 aromatic carbocycles. The maximum atomic E-state index is 11.5. The summed E-state index contributed by atoms with van der Waals surface area (Å²) in [6.45, 7) is 5.98. The highest BCUT2D eigenvalue weighted by molar-refractivity contribution is 7.71. The molecule has 6 nitrogen and oxygen atoms in total. The lowest BCUT2D eigenvalue weighted by atomic mass is 10.2. The number of aromatic amines is 1. The Labute approximate surface area is 145 Å². The minimum absolute atomic E-state index is 0.0167.